The first-order chi connectivity index (χ1) is 41.1. The molecule has 0 bridgehead atoms. The summed E-state index contributed by atoms with van der Waals surface area (Å²) >= 11 is 3.70. The number of fused-ring (bicyclic) bond motifs is 6. The van der Waals surface area contributed by atoms with Gasteiger partial charge in [-0.1, -0.05) is 219 Å². The molecular formula is C79H60N2S2. The van der Waals surface area contributed by atoms with Gasteiger partial charge in [0.1, 0.15) is 0 Å². The summed E-state index contributed by atoms with van der Waals surface area (Å²) in [6.07, 6.45) is 1.97. The standard InChI is InChI=1S/C79H60N2S2/c1-3-53-83-69-49-39-61(40-50-69)79(59-23-11-6-12-24-59)75-32-20-18-30-71(75)73-52-46-67(55-77(73)79)81(63-27-15-8-16-28-63)65-43-35-57(36-44-65)56-33-41-64(42-34-56)80(62-25-13-7-14-26-62)66-45-51-72-70-29-17-19-31-74(70)78(76(72)54-66,58-21-9-5-10-22-58)60-37-47-68(48-38-60)82-4-2/h3,5-52,54-55H,1,4,53H2,2H3. The van der Waals surface area contributed by atoms with Crippen LogP contribution in [-0.4, -0.2) is 11.5 Å². The van der Waals surface area contributed by atoms with Gasteiger partial charge in [0.15, 0.2) is 0 Å². The number of rotatable bonds is 16. The highest BCUT2D eigenvalue weighted by Crippen LogP contribution is 2.59. The molecule has 0 aliphatic heterocycles. The van der Waals surface area contributed by atoms with Crippen molar-refractivity contribution in [2.45, 2.75) is 27.5 Å². The van der Waals surface area contributed by atoms with Crippen LogP contribution in [0.2, 0.25) is 0 Å². The summed E-state index contributed by atoms with van der Waals surface area (Å²) < 4.78 is 0. The molecule has 2 atom stereocenters. The van der Waals surface area contributed by atoms with Crippen molar-refractivity contribution < 1.29 is 0 Å². The molecule has 12 aromatic rings. The molecule has 0 amide bonds. The fraction of sp³-hybridized carbons (Fsp3) is 0.0633. The Labute approximate surface area is 497 Å². The minimum absolute atomic E-state index is 0.524. The van der Waals surface area contributed by atoms with Gasteiger partial charge >= 0.3 is 0 Å². The van der Waals surface area contributed by atoms with Crippen LogP contribution >= 0.6 is 23.5 Å². The molecule has 83 heavy (non-hydrogen) atoms. The molecule has 0 heterocycles. The Kier molecular flexibility index (Phi) is 13.9. The van der Waals surface area contributed by atoms with E-state index < -0.39 is 10.8 Å². The van der Waals surface area contributed by atoms with E-state index in [1.807, 2.05) is 29.6 Å². The molecule has 14 rings (SSSR count). The Balaban J connectivity index is 0.839. The summed E-state index contributed by atoms with van der Waals surface area (Å²) in [6, 6.07) is 113. The molecule has 0 fully saturated rings. The monoisotopic (exact) mass is 1100 g/mol. The van der Waals surface area contributed by atoms with E-state index in [2.05, 4.69) is 327 Å². The lowest BCUT2D eigenvalue weighted by molar-refractivity contribution is 0.767. The van der Waals surface area contributed by atoms with Gasteiger partial charge in [-0.25, -0.2) is 0 Å². The summed E-state index contributed by atoms with van der Waals surface area (Å²) in [5.41, 5.74) is 23.0. The first kappa shape index (κ1) is 51.8. The highest BCUT2D eigenvalue weighted by atomic mass is 32.2. The van der Waals surface area contributed by atoms with Crippen molar-refractivity contribution in [2.75, 3.05) is 21.3 Å². The van der Waals surface area contributed by atoms with E-state index in [0.717, 1.165) is 56.8 Å². The molecule has 0 N–H and O–H groups in total. The molecule has 0 saturated carbocycles. The van der Waals surface area contributed by atoms with Crippen molar-refractivity contribution in [3.05, 3.63) is 360 Å². The topological polar surface area (TPSA) is 6.48 Å². The van der Waals surface area contributed by atoms with Crippen LogP contribution < -0.4 is 9.80 Å². The Morgan fingerprint density at radius 1 is 0.313 bits per heavy atom. The van der Waals surface area contributed by atoms with Gasteiger partial charge < -0.3 is 9.80 Å². The van der Waals surface area contributed by atoms with E-state index in [1.165, 1.54) is 76.6 Å². The average Bonchev–Trinajstić information content (AvgIpc) is 4.26. The van der Waals surface area contributed by atoms with Crippen LogP contribution in [0.1, 0.15) is 51.4 Å². The lowest BCUT2D eigenvalue weighted by Gasteiger charge is -2.35. The van der Waals surface area contributed by atoms with Gasteiger partial charge in [0.25, 0.3) is 0 Å². The molecule has 0 aromatic heterocycles. The first-order valence-corrected chi connectivity index (χ1v) is 30.6. The van der Waals surface area contributed by atoms with Gasteiger partial charge in [-0.15, -0.1) is 30.1 Å². The lowest BCUT2D eigenvalue weighted by Crippen LogP contribution is -2.28. The molecule has 4 heteroatoms. The van der Waals surface area contributed by atoms with Crippen LogP contribution in [-0.2, 0) is 10.8 Å². The normalized spacial score (nSPS) is 15.4. The van der Waals surface area contributed by atoms with E-state index in [-0.39, 0.29) is 0 Å². The zero-order chi connectivity index (χ0) is 55.7. The summed E-state index contributed by atoms with van der Waals surface area (Å²) in [7, 11) is 0. The number of thioether (sulfide) groups is 2. The van der Waals surface area contributed by atoms with E-state index in [4.69, 9.17) is 0 Å². The first-order valence-electron chi connectivity index (χ1n) is 28.7. The van der Waals surface area contributed by atoms with Crippen molar-refractivity contribution in [2.24, 2.45) is 0 Å². The quantitative estimate of drug-likeness (QED) is 0.0702. The fourth-order valence-corrected chi connectivity index (χ4v) is 14.6. The molecule has 398 valence electrons. The second-order valence-corrected chi connectivity index (χ2v) is 23.7. The third-order valence-electron chi connectivity index (χ3n) is 16.9. The van der Waals surface area contributed by atoms with Gasteiger partial charge in [0.2, 0.25) is 0 Å². The van der Waals surface area contributed by atoms with Crippen LogP contribution in [0.25, 0.3) is 33.4 Å². The maximum absolute atomic E-state index is 3.97. The number of nitrogens with zero attached hydrogens (tertiary/aromatic N) is 2. The Bertz CT molecular complexity index is 4260. The number of anilines is 6. The van der Waals surface area contributed by atoms with Gasteiger partial charge in [-0.05, 0) is 181 Å². The van der Waals surface area contributed by atoms with Gasteiger partial charge in [0, 0.05) is 49.7 Å². The molecule has 2 aliphatic rings. The predicted octanol–water partition coefficient (Wildman–Crippen LogP) is 21.4. The fourth-order valence-electron chi connectivity index (χ4n) is 13.3. The van der Waals surface area contributed by atoms with Crippen molar-refractivity contribution in [3.63, 3.8) is 0 Å². The Hall–Kier alpha value is -9.32. The Morgan fingerprint density at radius 3 is 1.04 bits per heavy atom. The lowest BCUT2D eigenvalue weighted by atomic mass is 9.67. The van der Waals surface area contributed by atoms with Crippen LogP contribution in [0.3, 0.4) is 0 Å². The van der Waals surface area contributed by atoms with Gasteiger partial charge in [-0.2, -0.15) is 0 Å². The highest BCUT2D eigenvalue weighted by Gasteiger charge is 2.48. The molecule has 12 aromatic carbocycles. The van der Waals surface area contributed by atoms with Gasteiger partial charge in [-0.3, -0.25) is 0 Å². The van der Waals surface area contributed by atoms with Crippen molar-refractivity contribution in [3.8, 4) is 33.4 Å². The van der Waals surface area contributed by atoms with Crippen molar-refractivity contribution in [1.82, 2.24) is 0 Å². The minimum atomic E-state index is -0.543. The Morgan fingerprint density at radius 2 is 0.639 bits per heavy atom. The molecule has 2 unspecified atom stereocenters. The third kappa shape index (κ3) is 8.93. The number of para-hydroxylation sites is 2. The number of hydrogen-bond donors (Lipinski definition) is 0. The molecule has 0 spiro atoms. The van der Waals surface area contributed by atoms with E-state index in [1.54, 1.807) is 0 Å². The van der Waals surface area contributed by atoms with E-state index >= 15 is 0 Å². The average molecular weight is 1100 g/mol. The summed E-state index contributed by atoms with van der Waals surface area (Å²) in [5, 5.41) is 0. The molecular weight excluding hydrogens is 1040 g/mol. The van der Waals surface area contributed by atoms with Crippen molar-refractivity contribution >= 4 is 57.6 Å². The summed E-state index contributed by atoms with van der Waals surface area (Å²) in [4.78, 5) is 7.33. The molecule has 2 nitrogen and oxygen atoms in total. The smallest absolute Gasteiger partial charge is 0.0714 e. The number of hydrogen-bond acceptors (Lipinski definition) is 4. The second-order valence-electron chi connectivity index (χ2n) is 21.3. The summed E-state index contributed by atoms with van der Waals surface area (Å²) in [6.45, 7) is 6.19. The maximum Gasteiger partial charge on any atom is 0.0714 e. The van der Waals surface area contributed by atoms with Crippen LogP contribution in [0.15, 0.2) is 326 Å². The minimum Gasteiger partial charge on any atom is -0.310 e. The maximum atomic E-state index is 3.97. The highest BCUT2D eigenvalue weighted by molar-refractivity contribution is 7.99. The SMILES string of the molecule is C=CCSc1ccc(C2(c3ccccc3)c3ccccc3-c3ccc(N(c4ccccc4)c4ccc(-c5ccc(N(c6ccccc6)c6ccc7c(c6)C(c6ccccc6)(c6ccc(SCC)cc6)c6ccccc6-7)cc5)cc4)cc32)cc1. The van der Waals surface area contributed by atoms with E-state index in [0.29, 0.717) is 0 Å². The third-order valence-corrected chi connectivity index (χ3v) is 18.8. The van der Waals surface area contributed by atoms with Crippen LogP contribution in [0, 0.1) is 0 Å². The van der Waals surface area contributed by atoms with Crippen molar-refractivity contribution in [1.29, 1.82) is 0 Å². The zero-order valence-electron chi connectivity index (χ0n) is 46.3. The summed E-state index contributed by atoms with van der Waals surface area (Å²) in [5.74, 6) is 1.90. The molecule has 2 aliphatic carbocycles. The van der Waals surface area contributed by atoms with Crippen LogP contribution in [0.5, 0.6) is 0 Å². The number of benzene rings is 12. The predicted molar refractivity (Wildman–Crippen MR) is 353 cm³/mol. The van der Waals surface area contributed by atoms with E-state index in [9.17, 15) is 0 Å². The van der Waals surface area contributed by atoms with Crippen LogP contribution in [0.4, 0.5) is 34.1 Å². The van der Waals surface area contributed by atoms with Gasteiger partial charge in [0.05, 0.1) is 10.8 Å². The zero-order valence-corrected chi connectivity index (χ0v) is 47.9. The molecule has 0 radical (unpaired) electrons. The second kappa shape index (κ2) is 22.2. The molecule has 0 saturated heterocycles. The largest absolute Gasteiger partial charge is 0.310 e.